The van der Waals surface area contributed by atoms with Crippen LogP contribution in [-0.4, -0.2) is 120 Å². The topological polar surface area (TPSA) is 206 Å². The smallest absolute Gasteiger partial charge is 0.315 e. The third-order valence-electron chi connectivity index (χ3n) is 13.7. The van der Waals surface area contributed by atoms with Crippen molar-refractivity contribution < 1.29 is 28.8 Å². The number of urea groups is 1. The lowest BCUT2D eigenvalue weighted by Crippen LogP contribution is -2.55. The molecule has 6 N–H and O–H groups in total. The first-order valence-electron chi connectivity index (χ1n) is 22.7. The molecule has 0 aromatic rings. The van der Waals surface area contributed by atoms with Crippen LogP contribution in [0.25, 0.3) is 0 Å². The van der Waals surface area contributed by atoms with Gasteiger partial charge in [-0.15, -0.1) is 0 Å². The molecule has 3 heterocycles. The van der Waals surface area contributed by atoms with Crippen molar-refractivity contribution in [3.63, 3.8) is 0 Å². The fourth-order valence-electron chi connectivity index (χ4n) is 10.3. The summed E-state index contributed by atoms with van der Waals surface area (Å²) in [6.45, 7) is 9.43. The molecule has 6 amide bonds. The van der Waals surface area contributed by atoms with Crippen molar-refractivity contribution in [2.75, 3.05) is 26.2 Å². The number of carbonyl (C=O) groups is 6. The molecule has 6 aliphatic rings. The van der Waals surface area contributed by atoms with Gasteiger partial charge in [-0.3, -0.25) is 33.8 Å². The third-order valence-corrected chi connectivity index (χ3v) is 13.7. The maximum absolute atomic E-state index is 13.9. The van der Waals surface area contributed by atoms with Crippen LogP contribution in [0.4, 0.5) is 4.79 Å². The normalized spacial score (nSPS) is 32.4. The van der Waals surface area contributed by atoms with Crippen LogP contribution in [-0.2, 0) is 24.0 Å². The third kappa shape index (κ3) is 11.8. The Morgan fingerprint density at radius 1 is 0.638 bits per heavy atom. The zero-order chi connectivity index (χ0) is 41.2. The number of nitrogens with zero attached hydrogens (tertiary/aromatic N) is 4. The average Bonchev–Trinajstić information content (AvgIpc) is 3.61. The van der Waals surface area contributed by atoms with E-state index in [0.717, 1.165) is 71.1 Å². The zero-order valence-corrected chi connectivity index (χ0v) is 35.1. The molecule has 0 radical (unpaired) electrons. The maximum atomic E-state index is 13.9. The summed E-state index contributed by atoms with van der Waals surface area (Å²) in [5, 5.41) is 27.3. The van der Waals surface area contributed by atoms with Crippen LogP contribution in [0, 0.1) is 17.8 Å². The minimum absolute atomic E-state index is 0.0346. The molecule has 324 valence electrons. The van der Waals surface area contributed by atoms with E-state index in [0.29, 0.717) is 57.8 Å². The molecule has 58 heavy (non-hydrogen) atoms. The number of amides is 6. The molecule has 6 rings (SSSR count). The van der Waals surface area contributed by atoms with Crippen LogP contribution in [0.15, 0.2) is 10.2 Å². The second-order valence-corrected chi connectivity index (χ2v) is 18.0. The van der Waals surface area contributed by atoms with Gasteiger partial charge in [0.25, 0.3) is 5.91 Å². The van der Waals surface area contributed by atoms with Gasteiger partial charge in [0.05, 0.1) is 30.5 Å². The molecular weight excluding hydrogens is 741 g/mol. The number of nitrogens with one attached hydrogen (secondary N) is 6. The zero-order valence-electron chi connectivity index (χ0n) is 35.1. The van der Waals surface area contributed by atoms with Crippen molar-refractivity contribution >= 4 is 35.4 Å². The van der Waals surface area contributed by atoms with Crippen LogP contribution in [0.5, 0.6) is 0 Å². The van der Waals surface area contributed by atoms with Crippen molar-refractivity contribution in [2.45, 2.75) is 185 Å². The highest BCUT2D eigenvalue weighted by Crippen LogP contribution is 2.33. The molecule has 0 aromatic heterocycles. The lowest BCUT2D eigenvalue weighted by molar-refractivity contribution is -0.135. The Morgan fingerprint density at radius 2 is 1.19 bits per heavy atom. The summed E-state index contributed by atoms with van der Waals surface area (Å²) in [7, 11) is 0. The Balaban J connectivity index is 1.02. The van der Waals surface area contributed by atoms with E-state index in [1.807, 2.05) is 0 Å². The van der Waals surface area contributed by atoms with E-state index >= 15 is 0 Å². The molecule has 0 aromatic carbocycles. The summed E-state index contributed by atoms with van der Waals surface area (Å²) in [6, 6.07) is -2.11. The van der Waals surface area contributed by atoms with Crippen LogP contribution in [0.2, 0.25) is 0 Å². The monoisotopic (exact) mass is 811 g/mol. The van der Waals surface area contributed by atoms with Crippen molar-refractivity contribution in [1.29, 1.82) is 0 Å². The number of hydrogen-bond donors (Lipinski definition) is 6. The largest absolute Gasteiger partial charge is 0.353 e. The van der Waals surface area contributed by atoms with Gasteiger partial charge >= 0.3 is 6.03 Å². The Labute approximate surface area is 344 Å². The van der Waals surface area contributed by atoms with E-state index in [2.05, 4.69) is 65.8 Å². The summed E-state index contributed by atoms with van der Waals surface area (Å²) in [5.74, 6) is -2.02. The Morgan fingerprint density at radius 3 is 1.72 bits per heavy atom. The highest BCUT2D eigenvalue weighted by Gasteiger charge is 2.41. The Hall–Kier alpha value is -3.66. The summed E-state index contributed by atoms with van der Waals surface area (Å²) in [6.07, 6.45) is 14.3. The number of Topliss-reactive ketones (excluding diaryl/α,β-unsaturated/α-hetero) is 1. The minimum atomic E-state index is -1.24. The molecule has 0 spiro atoms. The number of azo groups is 1. The van der Waals surface area contributed by atoms with Gasteiger partial charge in [0.2, 0.25) is 23.8 Å². The van der Waals surface area contributed by atoms with Gasteiger partial charge in [-0.25, -0.2) is 4.79 Å². The van der Waals surface area contributed by atoms with Gasteiger partial charge in [0.15, 0.2) is 5.78 Å². The molecule has 16 nitrogen and oxygen atoms in total. The first-order valence-corrected chi connectivity index (χ1v) is 22.7. The number of hydrogen-bond acceptors (Lipinski definition) is 10. The van der Waals surface area contributed by atoms with Crippen molar-refractivity contribution in [3.05, 3.63) is 0 Å². The Kier molecular flexibility index (Phi) is 15.9. The molecule has 3 saturated carbocycles. The van der Waals surface area contributed by atoms with Gasteiger partial charge in [0, 0.05) is 56.0 Å². The maximum Gasteiger partial charge on any atom is 0.315 e. The predicted molar refractivity (Wildman–Crippen MR) is 218 cm³/mol. The standard InChI is InChI=1S/C42H70N10O6/c1-4-35(51-18-8-6-9-19-51)47-39(55)28-22-29(40(56)48-36(5-2)52-20-10-7-11-21-52)24-32(23-28)44-38(54)27-12-14-30(15-13-27)49-50-37(26(3)53)41(57)43-31-16-17-33-34(25-31)46-42(58)45-33/h27-37H,4-25H2,1-3H3,(H,43,57)(H,44,54)(H,47,55)(H,48,56)(H2,45,46,58). The molecule has 3 saturated heterocycles. The number of carbonyl (C=O) groups excluding carboxylic acids is 6. The lowest BCUT2D eigenvalue weighted by Gasteiger charge is -2.39. The lowest BCUT2D eigenvalue weighted by atomic mass is 9.77. The van der Waals surface area contributed by atoms with E-state index < -0.39 is 17.7 Å². The number of rotatable bonds is 15. The van der Waals surface area contributed by atoms with Crippen molar-refractivity contribution in [1.82, 2.24) is 41.7 Å². The first kappa shape index (κ1) is 43.9. The quantitative estimate of drug-likeness (QED) is 0.107. The number of fused-ring (bicyclic) bond motifs is 1. The van der Waals surface area contributed by atoms with Crippen LogP contribution in [0.3, 0.4) is 0 Å². The van der Waals surface area contributed by atoms with Gasteiger partial charge in [-0.2, -0.15) is 10.2 Å². The first-order chi connectivity index (χ1) is 28.0. The van der Waals surface area contributed by atoms with E-state index in [-0.39, 0.29) is 84.0 Å². The minimum Gasteiger partial charge on any atom is -0.353 e. The summed E-state index contributed by atoms with van der Waals surface area (Å²) >= 11 is 0. The SMILES string of the molecule is CCC(NC(=O)C1CC(NC(=O)C2CCC(N=NC(C(C)=O)C(=O)NC3CCC4NC(=O)NC4C3)CC2)CC(C(=O)NC(CC)N2CCCCC2)C1)N1CCCCC1. The molecule has 0 bridgehead atoms. The average molecular weight is 811 g/mol. The fraction of sp³-hybridized carbons (Fsp3) is 0.857. The van der Waals surface area contributed by atoms with Gasteiger partial charge < -0.3 is 31.9 Å². The van der Waals surface area contributed by atoms with Crippen molar-refractivity contribution in [2.24, 2.45) is 28.0 Å². The van der Waals surface area contributed by atoms with E-state index in [1.165, 1.54) is 19.8 Å². The summed E-state index contributed by atoms with van der Waals surface area (Å²) < 4.78 is 0. The fourth-order valence-corrected chi connectivity index (χ4v) is 10.3. The molecule has 3 aliphatic heterocycles. The highest BCUT2D eigenvalue weighted by molar-refractivity contribution is 6.04. The van der Waals surface area contributed by atoms with Gasteiger partial charge in [-0.1, -0.05) is 26.7 Å². The predicted octanol–water partition coefficient (Wildman–Crippen LogP) is 3.25. The van der Waals surface area contributed by atoms with Crippen LogP contribution in [0.1, 0.15) is 136 Å². The second-order valence-electron chi connectivity index (χ2n) is 18.0. The molecule has 6 fully saturated rings. The summed E-state index contributed by atoms with van der Waals surface area (Å²) in [4.78, 5) is 83.7. The number of ketones is 1. The Bertz CT molecular complexity index is 1430. The highest BCUT2D eigenvalue weighted by atomic mass is 16.2. The van der Waals surface area contributed by atoms with E-state index in [9.17, 15) is 28.8 Å². The van der Waals surface area contributed by atoms with E-state index in [1.54, 1.807) is 0 Å². The molecule has 3 aliphatic carbocycles. The van der Waals surface area contributed by atoms with Crippen LogP contribution >= 0.6 is 0 Å². The second kappa shape index (κ2) is 21.0. The number of piperidine rings is 2. The van der Waals surface area contributed by atoms with Crippen molar-refractivity contribution in [3.8, 4) is 0 Å². The van der Waals surface area contributed by atoms with Gasteiger partial charge in [0.1, 0.15) is 0 Å². The molecule has 8 atom stereocenters. The summed E-state index contributed by atoms with van der Waals surface area (Å²) in [5.41, 5.74) is 0. The van der Waals surface area contributed by atoms with Crippen LogP contribution < -0.4 is 31.9 Å². The number of likely N-dealkylation sites (tertiary alicyclic amines) is 2. The molecule has 16 heteroatoms. The molecule has 8 unspecified atom stereocenters. The molecular formula is C42H70N10O6. The van der Waals surface area contributed by atoms with Gasteiger partial charge in [-0.05, 0) is 110 Å². The van der Waals surface area contributed by atoms with E-state index in [4.69, 9.17) is 0 Å².